The molecule has 122 valence electrons. The Labute approximate surface area is 136 Å². The highest BCUT2D eigenvalue weighted by molar-refractivity contribution is 5.94. The summed E-state index contributed by atoms with van der Waals surface area (Å²) < 4.78 is 18.3. The molecule has 2 aromatic carbocycles. The summed E-state index contributed by atoms with van der Waals surface area (Å²) in [7, 11) is 0. The number of hydrogen-bond acceptors (Lipinski definition) is 2. The maximum Gasteiger partial charge on any atom is 0.251 e. The number of rotatable bonds is 8. The Kier molecular flexibility index (Phi) is 6.60. The van der Waals surface area contributed by atoms with Gasteiger partial charge in [0.05, 0.1) is 6.61 Å². The zero-order chi connectivity index (χ0) is 16.5. The van der Waals surface area contributed by atoms with Crippen molar-refractivity contribution in [3.8, 4) is 5.75 Å². The summed E-state index contributed by atoms with van der Waals surface area (Å²) in [6.45, 7) is 3.31. The van der Waals surface area contributed by atoms with E-state index < -0.39 is 0 Å². The van der Waals surface area contributed by atoms with E-state index in [-0.39, 0.29) is 11.7 Å². The van der Waals surface area contributed by atoms with Crippen molar-refractivity contribution >= 4 is 5.91 Å². The molecule has 0 unspecified atom stereocenters. The Balaban J connectivity index is 1.72. The fourth-order valence-corrected chi connectivity index (χ4v) is 2.17. The van der Waals surface area contributed by atoms with Crippen LogP contribution >= 0.6 is 0 Å². The molecule has 2 aromatic rings. The second-order valence-electron chi connectivity index (χ2n) is 5.36. The molecule has 1 amide bonds. The Hall–Kier alpha value is -2.36. The van der Waals surface area contributed by atoms with Gasteiger partial charge in [-0.1, -0.05) is 19.1 Å². The quantitative estimate of drug-likeness (QED) is 0.748. The van der Waals surface area contributed by atoms with Gasteiger partial charge in [-0.15, -0.1) is 0 Å². The molecule has 0 spiro atoms. The van der Waals surface area contributed by atoms with Gasteiger partial charge in [0.2, 0.25) is 0 Å². The lowest BCUT2D eigenvalue weighted by Gasteiger charge is -2.07. The van der Waals surface area contributed by atoms with E-state index in [1.165, 1.54) is 12.1 Å². The van der Waals surface area contributed by atoms with Crippen LogP contribution in [-0.2, 0) is 6.42 Å². The van der Waals surface area contributed by atoms with E-state index in [1.54, 1.807) is 24.3 Å². The van der Waals surface area contributed by atoms with Crippen molar-refractivity contribution in [1.82, 2.24) is 5.32 Å². The molecule has 0 aliphatic rings. The lowest BCUT2D eigenvalue weighted by atomic mass is 10.1. The van der Waals surface area contributed by atoms with Gasteiger partial charge in [0.15, 0.2) is 0 Å². The van der Waals surface area contributed by atoms with Gasteiger partial charge < -0.3 is 10.1 Å². The average Bonchev–Trinajstić information content (AvgIpc) is 2.58. The van der Waals surface area contributed by atoms with E-state index in [2.05, 4.69) is 5.32 Å². The van der Waals surface area contributed by atoms with Crippen LogP contribution in [0, 0.1) is 5.82 Å². The first-order valence-electron chi connectivity index (χ1n) is 7.94. The first-order valence-corrected chi connectivity index (χ1v) is 7.94. The summed E-state index contributed by atoms with van der Waals surface area (Å²) in [6.07, 6.45) is 2.58. The molecule has 0 fully saturated rings. The highest BCUT2D eigenvalue weighted by atomic mass is 19.1. The van der Waals surface area contributed by atoms with Crippen molar-refractivity contribution in [1.29, 1.82) is 0 Å². The zero-order valence-corrected chi connectivity index (χ0v) is 13.3. The van der Waals surface area contributed by atoms with E-state index in [4.69, 9.17) is 4.74 Å². The maximum absolute atomic E-state index is 12.8. The third-order valence-corrected chi connectivity index (χ3v) is 3.43. The maximum atomic E-state index is 12.8. The van der Waals surface area contributed by atoms with Crippen LogP contribution in [0.2, 0.25) is 0 Å². The van der Waals surface area contributed by atoms with E-state index in [0.717, 1.165) is 30.6 Å². The minimum atomic E-state index is -0.228. The standard InChI is InChI=1S/C19H22FNO2/c1-2-14-23-18-11-7-16(8-12-18)19(22)21-13-3-4-15-5-9-17(20)10-6-15/h5-12H,2-4,13-14H2,1H3,(H,21,22). The predicted octanol–water partition coefficient (Wildman–Crippen LogP) is 3.98. The van der Waals surface area contributed by atoms with Crippen molar-refractivity contribution in [3.05, 3.63) is 65.5 Å². The van der Waals surface area contributed by atoms with E-state index >= 15 is 0 Å². The van der Waals surface area contributed by atoms with Crippen LogP contribution in [0.1, 0.15) is 35.7 Å². The molecule has 0 bridgehead atoms. The molecule has 0 saturated carbocycles. The summed E-state index contributed by atoms with van der Waals surface area (Å²) >= 11 is 0. The molecule has 0 aliphatic heterocycles. The van der Waals surface area contributed by atoms with Gasteiger partial charge in [-0.25, -0.2) is 4.39 Å². The van der Waals surface area contributed by atoms with Crippen LogP contribution in [0.3, 0.4) is 0 Å². The number of carbonyl (C=O) groups is 1. The van der Waals surface area contributed by atoms with E-state index in [0.29, 0.717) is 18.7 Å². The van der Waals surface area contributed by atoms with E-state index in [1.807, 2.05) is 19.1 Å². The van der Waals surface area contributed by atoms with Crippen LogP contribution in [-0.4, -0.2) is 19.1 Å². The van der Waals surface area contributed by atoms with Crippen LogP contribution < -0.4 is 10.1 Å². The predicted molar refractivity (Wildman–Crippen MR) is 89.3 cm³/mol. The Morgan fingerprint density at radius 3 is 2.43 bits per heavy atom. The van der Waals surface area contributed by atoms with Crippen molar-refractivity contribution in [2.45, 2.75) is 26.2 Å². The molecule has 0 aromatic heterocycles. The Morgan fingerprint density at radius 1 is 1.09 bits per heavy atom. The SMILES string of the molecule is CCCOc1ccc(C(=O)NCCCc2ccc(F)cc2)cc1. The molecule has 0 atom stereocenters. The molecule has 0 saturated heterocycles. The molecule has 3 nitrogen and oxygen atoms in total. The van der Waals surface area contributed by atoms with Gasteiger partial charge >= 0.3 is 0 Å². The zero-order valence-electron chi connectivity index (χ0n) is 13.3. The molecular weight excluding hydrogens is 293 g/mol. The van der Waals surface area contributed by atoms with Crippen molar-refractivity contribution < 1.29 is 13.9 Å². The largest absolute Gasteiger partial charge is 0.494 e. The number of halogens is 1. The summed E-state index contributed by atoms with van der Waals surface area (Å²) in [5.41, 5.74) is 1.69. The van der Waals surface area contributed by atoms with Gasteiger partial charge in [0.25, 0.3) is 5.91 Å². The average molecular weight is 315 g/mol. The summed E-state index contributed by atoms with van der Waals surface area (Å²) in [4.78, 5) is 12.0. The first kappa shape index (κ1) is 17.0. The second-order valence-corrected chi connectivity index (χ2v) is 5.36. The molecule has 23 heavy (non-hydrogen) atoms. The number of hydrogen-bond donors (Lipinski definition) is 1. The van der Waals surface area contributed by atoms with Gasteiger partial charge in [-0.3, -0.25) is 4.79 Å². The fraction of sp³-hybridized carbons (Fsp3) is 0.316. The number of ether oxygens (including phenoxy) is 1. The van der Waals surface area contributed by atoms with Crippen LogP contribution in [0.5, 0.6) is 5.75 Å². The number of amides is 1. The molecule has 4 heteroatoms. The van der Waals surface area contributed by atoms with Gasteiger partial charge in [-0.05, 0) is 61.2 Å². The number of carbonyl (C=O) groups excluding carboxylic acids is 1. The Morgan fingerprint density at radius 2 is 1.78 bits per heavy atom. The third-order valence-electron chi connectivity index (χ3n) is 3.43. The van der Waals surface area contributed by atoms with Crippen LogP contribution in [0.15, 0.2) is 48.5 Å². The minimum Gasteiger partial charge on any atom is -0.494 e. The second kappa shape index (κ2) is 8.93. The molecule has 0 radical (unpaired) electrons. The van der Waals surface area contributed by atoms with Gasteiger partial charge in [0, 0.05) is 12.1 Å². The molecule has 0 heterocycles. The normalized spacial score (nSPS) is 10.3. The molecule has 0 aliphatic carbocycles. The number of nitrogens with one attached hydrogen (secondary N) is 1. The van der Waals surface area contributed by atoms with Gasteiger partial charge in [-0.2, -0.15) is 0 Å². The molecular formula is C19H22FNO2. The molecule has 1 N–H and O–H groups in total. The number of benzene rings is 2. The highest BCUT2D eigenvalue weighted by Gasteiger charge is 2.05. The van der Waals surface area contributed by atoms with Crippen molar-refractivity contribution in [3.63, 3.8) is 0 Å². The summed E-state index contributed by atoms with van der Waals surface area (Å²) in [5.74, 6) is 0.458. The van der Waals surface area contributed by atoms with E-state index in [9.17, 15) is 9.18 Å². The van der Waals surface area contributed by atoms with Crippen molar-refractivity contribution in [2.24, 2.45) is 0 Å². The fourth-order valence-electron chi connectivity index (χ4n) is 2.17. The van der Waals surface area contributed by atoms with Crippen molar-refractivity contribution in [2.75, 3.05) is 13.2 Å². The smallest absolute Gasteiger partial charge is 0.251 e. The van der Waals surface area contributed by atoms with Crippen LogP contribution in [0.4, 0.5) is 4.39 Å². The molecule has 2 rings (SSSR count). The third kappa shape index (κ3) is 5.74. The summed E-state index contributed by atoms with van der Waals surface area (Å²) in [6, 6.07) is 13.6. The highest BCUT2D eigenvalue weighted by Crippen LogP contribution is 2.12. The number of aryl methyl sites for hydroxylation is 1. The van der Waals surface area contributed by atoms with Gasteiger partial charge in [0.1, 0.15) is 11.6 Å². The topological polar surface area (TPSA) is 38.3 Å². The first-order chi connectivity index (χ1) is 11.2. The Bertz CT molecular complexity index is 608. The summed E-state index contributed by atoms with van der Waals surface area (Å²) in [5, 5.41) is 2.89. The van der Waals surface area contributed by atoms with Crippen LogP contribution in [0.25, 0.3) is 0 Å². The lowest BCUT2D eigenvalue weighted by molar-refractivity contribution is 0.0953. The lowest BCUT2D eigenvalue weighted by Crippen LogP contribution is -2.24. The minimum absolute atomic E-state index is 0.0915. The monoisotopic (exact) mass is 315 g/mol.